The molecule has 29 heavy (non-hydrogen) atoms. The normalized spacial score (nSPS) is 40.4. The summed E-state index contributed by atoms with van der Waals surface area (Å²) in [6, 6.07) is 0. The molecule has 0 aliphatic heterocycles. The predicted octanol–water partition coefficient (Wildman–Crippen LogP) is 8.86. The zero-order valence-corrected chi connectivity index (χ0v) is 22.9. The smallest absolute Gasteiger partial charge is 0.193 e. The van der Waals surface area contributed by atoms with Gasteiger partial charge in [-0.15, -0.1) is 0 Å². The van der Waals surface area contributed by atoms with Crippen molar-refractivity contribution in [1.29, 1.82) is 0 Å². The Hall–Kier alpha value is 0.137. The van der Waals surface area contributed by atoms with Gasteiger partial charge in [0.25, 0.3) is 0 Å². The molecule has 2 saturated carbocycles. The number of allylic oxidation sites excluding steroid dienone is 2. The van der Waals surface area contributed by atoms with Crippen molar-refractivity contribution in [1.82, 2.24) is 0 Å². The minimum absolute atomic E-state index is 0.0633. The second-order valence-corrected chi connectivity index (χ2v) is 17.7. The highest BCUT2D eigenvalue weighted by Crippen LogP contribution is 2.60. The third kappa shape index (κ3) is 4.67. The first kappa shape index (κ1) is 23.8. The van der Waals surface area contributed by atoms with Crippen LogP contribution in [0.2, 0.25) is 18.1 Å². The Kier molecular flexibility index (Phi) is 6.76. The molecule has 166 valence electrons. The van der Waals surface area contributed by atoms with Gasteiger partial charge in [-0.05, 0) is 104 Å². The van der Waals surface area contributed by atoms with Crippen LogP contribution < -0.4 is 0 Å². The Morgan fingerprint density at radius 1 is 1.28 bits per heavy atom. The molecule has 1 nitrogen and oxygen atoms in total. The Morgan fingerprint density at radius 3 is 2.59 bits per heavy atom. The van der Waals surface area contributed by atoms with Gasteiger partial charge in [0.05, 0.1) is 5.60 Å². The van der Waals surface area contributed by atoms with E-state index in [0.29, 0.717) is 11.3 Å². The fourth-order valence-electron chi connectivity index (χ4n) is 6.76. The standard InChI is InChI=1S/C26H45BrOSi/c1-19(22-11-12-23-21(18-27)10-9-14-26(22,23)6)16-20-13-15-25(5,17-20)28-29(7,8)24(2,3)4/h13,15,18-20,22-23H,9-12,14,16-17H2,1-8H3/t19-,20+,22-,23?,25+,26+/m1/s1. The first-order valence-electron chi connectivity index (χ1n) is 12.0. The van der Waals surface area contributed by atoms with Crippen molar-refractivity contribution < 1.29 is 4.43 Å². The number of hydrogen-bond donors (Lipinski definition) is 0. The zero-order valence-electron chi connectivity index (χ0n) is 20.3. The molecular weight excluding hydrogens is 436 g/mol. The van der Waals surface area contributed by atoms with Gasteiger partial charge in [0.1, 0.15) is 0 Å². The highest BCUT2D eigenvalue weighted by molar-refractivity contribution is 9.11. The van der Waals surface area contributed by atoms with E-state index in [2.05, 4.69) is 87.7 Å². The predicted molar refractivity (Wildman–Crippen MR) is 133 cm³/mol. The lowest BCUT2D eigenvalue weighted by Crippen LogP contribution is -2.47. The molecule has 3 rings (SSSR count). The SMILES string of the molecule is C[C@H](C[C@@H]1C=C[C@](C)(O[Si](C)(C)C(C)(C)C)C1)[C@H]1CCC2C(=CBr)CCC[C@]21C. The first-order chi connectivity index (χ1) is 13.3. The van der Waals surface area contributed by atoms with E-state index in [9.17, 15) is 0 Å². The molecule has 0 heterocycles. The largest absolute Gasteiger partial charge is 0.408 e. The average molecular weight is 482 g/mol. The maximum atomic E-state index is 6.86. The molecule has 3 heteroatoms. The molecular formula is C26H45BrOSi. The van der Waals surface area contributed by atoms with Crippen LogP contribution in [-0.4, -0.2) is 13.9 Å². The molecule has 1 unspecified atom stereocenters. The van der Waals surface area contributed by atoms with Crippen LogP contribution in [0.15, 0.2) is 22.7 Å². The number of rotatable bonds is 5. The van der Waals surface area contributed by atoms with Crippen LogP contribution in [0.25, 0.3) is 0 Å². The Labute approximate surface area is 190 Å². The summed E-state index contributed by atoms with van der Waals surface area (Å²) in [7, 11) is -1.75. The molecule has 0 aromatic rings. The molecule has 0 bridgehead atoms. The van der Waals surface area contributed by atoms with Gasteiger partial charge in [0.15, 0.2) is 8.32 Å². The fourth-order valence-corrected chi connectivity index (χ4v) is 8.93. The van der Waals surface area contributed by atoms with E-state index in [1.54, 1.807) is 5.57 Å². The Morgan fingerprint density at radius 2 is 1.97 bits per heavy atom. The molecule has 0 amide bonds. The van der Waals surface area contributed by atoms with Crippen molar-refractivity contribution in [3.05, 3.63) is 22.7 Å². The van der Waals surface area contributed by atoms with E-state index in [-0.39, 0.29) is 10.6 Å². The van der Waals surface area contributed by atoms with Crippen molar-refractivity contribution in [3.8, 4) is 0 Å². The van der Waals surface area contributed by atoms with Crippen molar-refractivity contribution in [2.75, 3.05) is 0 Å². The van der Waals surface area contributed by atoms with Crippen LogP contribution in [0.5, 0.6) is 0 Å². The summed E-state index contributed by atoms with van der Waals surface area (Å²) in [5, 5.41) is 0.268. The van der Waals surface area contributed by atoms with Crippen molar-refractivity contribution in [3.63, 3.8) is 0 Å². The lowest BCUT2D eigenvalue weighted by molar-refractivity contribution is 0.0791. The number of fused-ring (bicyclic) bond motifs is 1. The van der Waals surface area contributed by atoms with E-state index < -0.39 is 8.32 Å². The molecule has 0 aromatic heterocycles. The molecule has 0 aromatic carbocycles. The third-order valence-corrected chi connectivity index (χ3v) is 14.4. The van der Waals surface area contributed by atoms with Crippen LogP contribution in [0, 0.1) is 29.1 Å². The minimum atomic E-state index is -1.75. The van der Waals surface area contributed by atoms with Crippen molar-refractivity contribution in [2.45, 2.75) is 110 Å². The van der Waals surface area contributed by atoms with Crippen LogP contribution in [0.1, 0.15) is 86.5 Å². The Bertz CT molecular complexity index is 660. The van der Waals surface area contributed by atoms with Crippen molar-refractivity contribution >= 4 is 24.2 Å². The van der Waals surface area contributed by atoms with Gasteiger partial charge in [-0.3, -0.25) is 0 Å². The molecule has 0 saturated heterocycles. The van der Waals surface area contributed by atoms with Gasteiger partial charge >= 0.3 is 0 Å². The van der Waals surface area contributed by atoms with E-state index in [1.165, 1.54) is 44.9 Å². The van der Waals surface area contributed by atoms with Gasteiger partial charge in [0, 0.05) is 0 Å². The minimum Gasteiger partial charge on any atom is -0.408 e. The maximum absolute atomic E-state index is 6.86. The van der Waals surface area contributed by atoms with E-state index in [0.717, 1.165) is 17.8 Å². The maximum Gasteiger partial charge on any atom is 0.193 e. The summed E-state index contributed by atoms with van der Waals surface area (Å²) >= 11 is 3.67. The van der Waals surface area contributed by atoms with Gasteiger partial charge in [-0.25, -0.2) is 0 Å². The van der Waals surface area contributed by atoms with Crippen molar-refractivity contribution in [2.24, 2.45) is 29.1 Å². The summed E-state index contributed by atoms with van der Waals surface area (Å²) in [5.74, 6) is 3.16. The molecule has 0 spiro atoms. The van der Waals surface area contributed by atoms with E-state index in [4.69, 9.17) is 4.43 Å². The third-order valence-electron chi connectivity index (χ3n) is 9.22. The summed E-state index contributed by atoms with van der Waals surface area (Å²) in [6.45, 7) is 19.3. The lowest BCUT2D eigenvalue weighted by Gasteiger charge is -2.45. The van der Waals surface area contributed by atoms with E-state index >= 15 is 0 Å². The summed E-state index contributed by atoms with van der Waals surface area (Å²) < 4.78 is 6.86. The highest BCUT2D eigenvalue weighted by atomic mass is 79.9. The topological polar surface area (TPSA) is 9.23 Å². The Balaban J connectivity index is 1.63. The summed E-state index contributed by atoms with van der Waals surface area (Å²) in [6.07, 6.45) is 14.3. The van der Waals surface area contributed by atoms with Crippen LogP contribution >= 0.6 is 15.9 Å². The van der Waals surface area contributed by atoms with Crippen LogP contribution in [0.3, 0.4) is 0 Å². The molecule has 2 fully saturated rings. The monoisotopic (exact) mass is 480 g/mol. The van der Waals surface area contributed by atoms with E-state index in [1.807, 2.05) is 0 Å². The number of halogens is 1. The highest BCUT2D eigenvalue weighted by Gasteiger charge is 2.51. The average Bonchev–Trinajstić information content (AvgIpc) is 3.12. The van der Waals surface area contributed by atoms with Crippen LogP contribution in [0.4, 0.5) is 0 Å². The lowest BCUT2D eigenvalue weighted by atomic mass is 9.61. The summed E-state index contributed by atoms with van der Waals surface area (Å²) in [5.41, 5.74) is 2.14. The van der Waals surface area contributed by atoms with Crippen LogP contribution in [-0.2, 0) is 4.43 Å². The molecule has 3 aliphatic rings. The van der Waals surface area contributed by atoms with Gasteiger partial charge in [0.2, 0.25) is 0 Å². The van der Waals surface area contributed by atoms with Gasteiger partial charge in [-0.1, -0.05) is 68.3 Å². The fraction of sp³-hybridized carbons (Fsp3) is 0.846. The second kappa shape index (κ2) is 8.24. The number of hydrogen-bond acceptors (Lipinski definition) is 1. The second-order valence-electron chi connectivity index (χ2n) is 12.5. The first-order valence-corrected chi connectivity index (χ1v) is 15.8. The molecule has 0 N–H and O–H groups in total. The van der Waals surface area contributed by atoms with Gasteiger partial charge < -0.3 is 4.43 Å². The molecule has 0 radical (unpaired) electrons. The van der Waals surface area contributed by atoms with Gasteiger partial charge in [-0.2, -0.15) is 0 Å². The summed E-state index contributed by atoms with van der Waals surface area (Å²) in [4.78, 5) is 2.26. The molecule has 6 atom stereocenters. The quantitative estimate of drug-likeness (QED) is 0.281. The molecule has 3 aliphatic carbocycles. The zero-order chi connectivity index (χ0) is 21.7.